The zero-order valence-corrected chi connectivity index (χ0v) is 18.8. The zero-order chi connectivity index (χ0) is 21.8. The van der Waals surface area contributed by atoms with Gasteiger partial charge < -0.3 is 9.64 Å². The first kappa shape index (κ1) is 22.9. The van der Waals surface area contributed by atoms with E-state index in [1.54, 1.807) is 36.1 Å². The van der Waals surface area contributed by atoms with Gasteiger partial charge in [-0.25, -0.2) is 13.2 Å². The number of benzene rings is 2. The van der Waals surface area contributed by atoms with E-state index in [0.29, 0.717) is 0 Å². The zero-order valence-electron chi connectivity index (χ0n) is 18.0. The minimum absolute atomic E-state index is 0.114. The van der Waals surface area contributed by atoms with E-state index in [0.717, 1.165) is 11.1 Å². The number of aryl methyl sites for hydroxylation is 1. The number of hydrogen-bond donors (Lipinski definition) is 0. The highest BCUT2D eigenvalue weighted by atomic mass is 32.2. The molecule has 2 atom stereocenters. The standard InChI is InChI=1S/C23H31NO4S/c1-16(2)24(17(3)4)23(25)28-22(19(6)20-10-8-7-9-11-20)29(26,27)21-14-12-18(5)13-15-21/h7-17,19,22H,1-6H3. The van der Waals surface area contributed by atoms with Crippen LogP contribution in [0.3, 0.4) is 0 Å². The van der Waals surface area contributed by atoms with E-state index >= 15 is 0 Å². The Morgan fingerprint density at radius 1 is 0.862 bits per heavy atom. The summed E-state index contributed by atoms with van der Waals surface area (Å²) in [7, 11) is -3.91. The molecule has 2 rings (SSSR count). The molecular weight excluding hydrogens is 386 g/mol. The van der Waals surface area contributed by atoms with Crippen LogP contribution in [-0.4, -0.2) is 36.9 Å². The van der Waals surface area contributed by atoms with E-state index in [1.165, 1.54) is 0 Å². The second-order valence-electron chi connectivity index (χ2n) is 7.90. The lowest BCUT2D eigenvalue weighted by atomic mass is 10.0. The summed E-state index contributed by atoms with van der Waals surface area (Å²) < 4.78 is 32.6. The van der Waals surface area contributed by atoms with Crippen LogP contribution < -0.4 is 0 Å². The fourth-order valence-electron chi connectivity index (χ4n) is 3.39. The highest BCUT2D eigenvalue weighted by Crippen LogP contribution is 2.31. The van der Waals surface area contributed by atoms with Crippen LogP contribution in [0.4, 0.5) is 4.79 Å². The largest absolute Gasteiger partial charge is 0.429 e. The van der Waals surface area contributed by atoms with Crippen LogP contribution in [-0.2, 0) is 14.6 Å². The van der Waals surface area contributed by atoms with Crippen molar-refractivity contribution in [3.63, 3.8) is 0 Å². The highest BCUT2D eigenvalue weighted by molar-refractivity contribution is 7.92. The van der Waals surface area contributed by atoms with Crippen molar-refractivity contribution in [3.8, 4) is 0 Å². The van der Waals surface area contributed by atoms with Gasteiger partial charge in [-0.3, -0.25) is 0 Å². The summed E-state index contributed by atoms with van der Waals surface area (Å²) in [6.07, 6.45) is -0.626. The summed E-state index contributed by atoms with van der Waals surface area (Å²) in [4.78, 5) is 14.6. The molecule has 5 nitrogen and oxygen atoms in total. The summed E-state index contributed by atoms with van der Waals surface area (Å²) in [5, 5.41) is 0. The maximum absolute atomic E-state index is 13.5. The van der Waals surface area contributed by atoms with Crippen molar-refractivity contribution < 1.29 is 17.9 Å². The van der Waals surface area contributed by atoms with Gasteiger partial charge in [-0.05, 0) is 52.3 Å². The lowest BCUT2D eigenvalue weighted by Crippen LogP contribution is -2.45. The van der Waals surface area contributed by atoms with Crippen molar-refractivity contribution in [2.24, 2.45) is 0 Å². The lowest BCUT2D eigenvalue weighted by Gasteiger charge is -2.33. The van der Waals surface area contributed by atoms with Crippen molar-refractivity contribution in [3.05, 3.63) is 65.7 Å². The molecule has 1 amide bonds. The van der Waals surface area contributed by atoms with E-state index in [1.807, 2.05) is 65.0 Å². The van der Waals surface area contributed by atoms with Crippen LogP contribution in [0.5, 0.6) is 0 Å². The van der Waals surface area contributed by atoms with E-state index in [2.05, 4.69) is 0 Å². The molecule has 0 bridgehead atoms. The molecule has 29 heavy (non-hydrogen) atoms. The monoisotopic (exact) mass is 417 g/mol. The molecule has 0 aliphatic rings. The van der Waals surface area contributed by atoms with Gasteiger partial charge in [-0.15, -0.1) is 0 Å². The van der Waals surface area contributed by atoms with E-state index in [9.17, 15) is 13.2 Å². The first-order valence-corrected chi connectivity index (χ1v) is 11.4. The van der Waals surface area contributed by atoms with Gasteiger partial charge in [0.1, 0.15) is 0 Å². The second kappa shape index (κ2) is 9.44. The lowest BCUT2D eigenvalue weighted by molar-refractivity contribution is 0.0627. The fraction of sp³-hybridized carbons (Fsp3) is 0.435. The Bertz CT molecular complexity index is 898. The van der Waals surface area contributed by atoms with Gasteiger partial charge in [0.2, 0.25) is 15.3 Å². The number of carbonyl (C=O) groups excluding carboxylic acids is 1. The first-order valence-electron chi connectivity index (χ1n) is 9.90. The van der Waals surface area contributed by atoms with Crippen molar-refractivity contribution in [1.82, 2.24) is 4.90 Å². The highest BCUT2D eigenvalue weighted by Gasteiger charge is 2.38. The molecule has 2 aromatic carbocycles. The summed E-state index contributed by atoms with van der Waals surface area (Å²) in [6.45, 7) is 11.2. The van der Waals surface area contributed by atoms with Gasteiger partial charge in [-0.2, -0.15) is 0 Å². The van der Waals surface area contributed by atoms with Crippen LogP contribution in [0.25, 0.3) is 0 Å². The number of hydrogen-bond acceptors (Lipinski definition) is 4. The maximum atomic E-state index is 13.5. The van der Waals surface area contributed by atoms with Crippen LogP contribution in [0.2, 0.25) is 0 Å². The number of ether oxygens (including phenoxy) is 1. The third-order valence-corrected chi connectivity index (χ3v) is 6.97. The quantitative estimate of drug-likeness (QED) is 0.625. The first-order chi connectivity index (χ1) is 13.6. The summed E-state index contributed by atoms with van der Waals surface area (Å²) in [5.74, 6) is -0.535. The van der Waals surface area contributed by atoms with Crippen LogP contribution in [0.1, 0.15) is 51.7 Å². The Morgan fingerprint density at radius 2 is 1.38 bits per heavy atom. The predicted octanol–water partition coefficient (Wildman–Crippen LogP) is 5.15. The molecule has 0 aromatic heterocycles. The number of carbonyl (C=O) groups is 1. The van der Waals surface area contributed by atoms with Gasteiger partial charge in [0.05, 0.1) is 4.90 Å². The molecule has 0 aliphatic carbocycles. The number of rotatable bonds is 7. The Kier molecular flexibility index (Phi) is 7.47. The minimum Gasteiger partial charge on any atom is -0.429 e. The average molecular weight is 418 g/mol. The van der Waals surface area contributed by atoms with Gasteiger partial charge >= 0.3 is 6.09 Å². The van der Waals surface area contributed by atoms with Crippen molar-refractivity contribution in [2.75, 3.05) is 0 Å². The molecule has 0 aliphatic heterocycles. The van der Waals surface area contributed by atoms with E-state index in [-0.39, 0.29) is 17.0 Å². The molecule has 0 saturated carbocycles. The molecule has 0 spiro atoms. The summed E-state index contributed by atoms with van der Waals surface area (Å²) in [6, 6.07) is 15.6. The Labute approximate surface area is 174 Å². The summed E-state index contributed by atoms with van der Waals surface area (Å²) in [5.41, 5.74) is 0.418. The molecule has 0 fully saturated rings. The number of sulfone groups is 1. The summed E-state index contributed by atoms with van der Waals surface area (Å²) >= 11 is 0. The molecule has 2 unspecified atom stereocenters. The van der Waals surface area contributed by atoms with Crippen molar-refractivity contribution in [1.29, 1.82) is 0 Å². The normalized spacial score (nSPS) is 13.9. The van der Waals surface area contributed by atoms with Crippen molar-refractivity contribution >= 4 is 15.9 Å². The van der Waals surface area contributed by atoms with Crippen LogP contribution >= 0.6 is 0 Å². The maximum Gasteiger partial charge on any atom is 0.411 e. The molecule has 0 heterocycles. The van der Waals surface area contributed by atoms with Crippen LogP contribution in [0, 0.1) is 6.92 Å². The Balaban J connectivity index is 2.48. The number of amides is 1. The van der Waals surface area contributed by atoms with E-state index < -0.39 is 27.3 Å². The third-order valence-electron chi connectivity index (χ3n) is 4.93. The number of nitrogens with zero attached hydrogens (tertiary/aromatic N) is 1. The molecule has 158 valence electrons. The topological polar surface area (TPSA) is 63.7 Å². The van der Waals surface area contributed by atoms with Gasteiger partial charge in [-0.1, -0.05) is 55.0 Å². The SMILES string of the molecule is Cc1ccc(S(=O)(=O)C(OC(=O)N(C(C)C)C(C)C)C(C)c2ccccc2)cc1. The van der Waals surface area contributed by atoms with Gasteiger partial charge in [0.25, 0.3) is 0 Å². The van der Waals surface area contributed by atoms with Gasteiger partial charge in [0, 0.05) is 18.0 Å². The third kappa shape index (κ3) is 5.38. The Hall–Kier alpha value is -2.34. The molecule has 2 aromatic rings. The van der Waals surface area contributed by atoms with E-state index in [4.69, 9.17) is 4.74 Å². The smallest absolute Gasteiger partial charge is 0.411 e. The second-order valence-corrected chi connectivity index (χ2v) is 9.93. The molecule has 6 heteroatoms. The Morgan fingerprint density at radius 3 is 1.86 bits per heavy atom. The predicted molar refractivity (Wildman–Crippen MR) is 116 cm³/mol. The van der Waals surface area contributed by atoms with Gasteiger partial charge in [0.15, 0.2) is 0 Å². The van der Waals surface area contributed by atoms with Crippen LogP contribution in [0.15, 0.2) is 59.5 Å². The molecule has 0 saturated heterocycles. The molecule has 0 N–H and O–H groups in total. The average Bonchev–Trinajstić information content (AvgIpc) is 2.66. The molecular formula is C23H31NO4S. The minimum atomic E-state index is -3.91. The van der Waals surface area contributed by atoms with Crippen molar-refractivity contribution in [2.45, 2.75) is 69.9 Å². The molecule has 0 radical (unpaired) electrons. The fourth-order valence-corrected chi connectivity index (χ4v) is 5.08.